The molecule has 1 rings (SSSR count). The highest BCUT2D eigenvalue weighted by atomic mass is 79.9. The van der Waals surface area contributed by atoms with Crippen LogP contribution in [0.1, 0.15) is 13.3 Å². The van der Waals surface area contributed by atoms with E-state index in [1.807, 2.05) is 6.92 Å². The molecule has 0 saturated heterocycles. The molecule has 0 saturated carbocycles. The van der Waals surface area contributed by atoms with Crippen LogP contribution in [0.15, 0.2) is 16.6 Å². The van der Waals surface area contributed by atoms with Crippen molar-refractivity contribution >= 4 is 34.4 Å². The number of benzene rings is 1. The van der Waals surface area contributed by atoms with Gasteiger partial charge in [0, 0.05) is 6.42 Å². The quantitative estimate of drug-likeness (QED) is 0.344. The number of halogens is 3. The minimum atomic E-state index is -0.856. The molecule has 0 aliphatic rings. The highest BCUT2D eigenvalue weighted by Crippen LogP contribution is 2.27. The van der Waals surface area contributed by atoms with Gasteiger partial charge in [-0.15, -0.1) is 0 Å². The van der Waals surface area contributed by atoms with Crippen LogP contribution in [0.2, 0.25) is 0 Å². The van der Waals surface area contributed by atoms with E-state index in [4.69, 9.17) is 0 Å². The average molecular weight is 314 g/mol. The van der Waals surface area contributed by atoms with Crippen LogP contribution in [0.5, 0.6) is 0 Å². The lowest BCUT2D eigenvalue weighted by atomic mass is 10.3. The average Bonchev–Trinajstić information content (AvgIpc) is 2.19. The Morgan fingerprint density at radius 1 is 1.50 bits per heavy atom. The summed E-state index contributed by atoms with van der Waals surface area (Å²) in [5, 5.41) is 9.67. The van der Waals surface area contributed by atoms with E-state index in [0.717, 1.165) is 6.07 Å². The van der Waals surface area contributed by atoms with Gasteiger partial charge in [0.25, 0.3) is 0 Å². The molecule has 1 aromatic carbocycles. The summed E-state index contributed by atoms with van der Waals surface area (Å²) in [5.74, 6) is -1.50. The normalized spacial score (nSPS) is 14.6. The van der Waals surface area contributed by atoms with Gasteiger partial charge in [-0.05, 0) is 32.2 Å². The van der Waals surface area contributed by atoms with Crippen LogP contribution in [-0.4, -0.2) is 15.9 Å². The van der Waals surface area contributed by atoms with E-state index in [0.29, 0.717) is 6.42 Å². The maximum Gasteiger partial charge on any atom is 0.168 e. The lowest BCUT2D eigenvalue weighted by Gasteiger charge is -2.23. The van der Waals surface area contributed by atoms with Gasteiger partial charge in [-0.25, -0.2) is 8.78 Å². The van der Waals surface area contributed by atoms with E-state index in [9.17, 15) is 14.0 Å². The Labute approximate surface area is 106 Å². The molecule has 0 heterocycles. The third kappa shape index (κ3) is 3.31. The Balaban J connectivity index is 2.94. The zero-order chi connectivity index (χ0) is 12.3. The largest absolute Gasteiger partial charge is 0.206 e. The second-order valence-corrected chi connectivity index (χ2v) is 4.74. The van der Waals surface area contributed by atoms with Crippen LogP contribution in [0.4, 0.5) is 14.5 Å². The zero-order valence-electron chi connectivity index (χ0n) is 8.54. The first-order valence-electron chi connectivity index (χ1n) is 4.62. The number of quaternary nitrogens is 1. The van der Waals surface area contributed by atoms with Crippen molar-refractivity contribution in [2.24, 2.45) is 0 Å². The molecule has 16 heavy (non-hydrogen) atoms. The zero-order valence-corrected chi connectivity index (χ0v) is 11.0. The smallest absolute Gasteiger partial charge is 0.168 e. The van der Waals surface area contributed by atoms with Crippen LogP contribution in [0.25, 0.3) is 0 Å². The monoisotopic (exact) mass is 313 g/mol. The first-order valence-corrected chi connectivity index (χ1v) is 5.82. The number of rotatable bonds is 4. The molecule has 7 heteroatoms. The molecule has 0 aliphatic carbocycles. The van der Waals surface area contributed by atoms with E-state index in [2.05, 4.69) is 34.2 Å². The van der Waals surface area contributed by atoms with E-state index in [1.54, 1.807) is 0 Å². The molecule has 0 spiro atoms. The van der Waals surface area contributed by atoms with Crippen LogP contribution in [0.3, 0.4) is 0 Å². The number of hydrogen-bond acceptors (Lipinski definition) is 3. The molecule has 2 N–H and O–H groups in total. The number of anilines is 1. The molecule has 0 amide bonds. The maximum atomic E-state index is 13.5. The van der Waals surface area contributed by atoms with Gasteiger partial charge in [-0.1, -0.05) is 6.92 Å². The van der Waals surface area contributed by atoms with Gasteiger partial charge in [0.15, 0.2) is 5.82 Å². The third-order valence-corrected chi connectivity index (χ3v) is 2.90. The minimum absolute atomic E-state index is 0.0285. The molecular weight excluding hydrogens is 302 g/mol. The van der Waals surface area contributed by atoms with Crippen molar-refractivity contribution in [2.75, 3.05) is 12.0 Å². The van der Waals surface area contributed by atoms with Gasteiger partial charge in [-0.3, -0.25) is 0 Å². The second kappa shape index (κ2) is 5.31. The van der Waals surface area contributed by atoms with Crippen LogP contribution in [-0.2, 0) is 0 Å². The predicted octanol–water partition coefficient (Wildman–Crippen LogP) is 3.52. The van der Waals surface area contributed by atoms with Crippen molar-refractivity contribution in [3.63, 3.8) is 0 Å². The van der Waals surface area contributed by atoms with Gasteiger partial charge in [0.2, 0.25) is 0 Å². The fourth-order valence-electron chi connectivity index (χ4n) is 1.17. The maximum absolute atomic E-state index is 13.5. The van der Waals surface area contributed by atoms with Gasteiger partial charge in [0.05, 0.1) is 4.47 Å². The van der Waals surface area contributed by atoms with E-state index in [1.165, 1.54) is 6.07 Å². The summed E-state index contributed by atoms with van der Waals surface area (Å²) >= 11 is 6.66. The predicted molar refractivity (Wildman–Crippen MR) is 63.9 cm³/mol. The molecule has 0 aliphatic heterocycles. The summed E-state index contributed by atoms with van der Waals surface area (Å²) in [6, 6.07) is 2.29. The Hall–Kier alpha value is -0.370. The highest BCUT2D eigenvalue weighted by Gasteiger charge is 2.23. The molecule has 1 unspecified atom stereocenters. The number of thiol groups is 1. The van der Waals surface area contributed by atoms with Crippen molar-refractivity contribution in [1.82, 2.24) is 0 Å². The number of nitrogens with one attached hydrogen (secondary N) is 1. The lowest BCUT2D eigenvalue weighted by Crippen LogP contribution is -2.41. The summed E-state index contributed by atoms with van der Waals surface area (Å²) in [5.41, 5.74) is 2.41. The Bertz CT molecular complexity index is 390. The molecule has 0 radical (unpaired) electrons. The topological polar surface area (TPSA) is 32.3 Å². The van der Waals surface area contributed by atoms with E-state index in [-0.39, 0.29) is 16.7 Å². The number of hydroxylamine groups is 1. The van der Waals surface area contributed by atoms with Crippen LogP contribution >= 0.6 is 28.7 Å². The lowest BCUT2D eigenvalue weighted by molar-refractivity contribution is -0.972. The number of nitrogens with zero attached hydrogens (tertiary/aromatic N) is 1. The Morgan fingerprint density at radius 3 is 2.69 bits per heavy atom. The number of hydrogen-bond donors (Lipinski definition) is 3. The van der Waals surface area contributed by atoms with E-state index >= 15 is 0 Å². The summed E-state index contributed by atoms with van der Waals surface area (Å²) in [4.78, 5) is 0. The van der Waals surface area contributed by atoms with Crippen molar-refractivity contribution in [3.05, 3.63) is 28.2 Å². The van der Waals surface area contributed by atoms with Crippen molar-refractivity contribution in [3.8, 4) is 0 Å². The fourth-order valence-corrected chi connectivity index (χ4v) is 1.83. The Morgan fingerprint density at radius 2 is 2.12 bits per heavy atom. The van der Waals surface area contributed by atoms with Gasteiger partial charge < -0.3 is 0 Å². The van der Waals surface area contributed by atoms with Crippen molar-refractivity contribution in [2.45, 2.75) is 13.3 Å². The van der Waals surface area contributed by atoms with Crippen molar-refractivity contribution in [1.29, 1.82) is 0 Å². The molecule has 1 aromatic rings. The summed E-state index contributed by atoms with van der Waals surface area (Å²) in [6.45, 7) is 2.12. The molecule has 90 valence electrons. The highest BCUT2D eigenvalue weighted by molar-refractivity contribution is 9.10. The van der Waals surface area contributed by atoms with Gasteiger partial charge in [0.1, 0.15) is 30.9 Å². The molecule has 0 aromatic heterocycles. The fraction of sp³-hybridized carbons (Fsp3) is 0.333. The standard InChI is InChI=1S/C9H12BrF2N2OS/c1-2-5-14(15,16)13-7-4-3-6(11)8(10)9(7)12/h3-4,13,15-16H,2,5H2,1H3/q+1. The first kappa shape index (κ1) is 13.7. The van der Waals surface area contributed by atoms with Gasteiger partial charge >= 0.3 is 0 Å². The van der Waals surface area contributed by atoms with E-state index < -0.39 is 15.8 Å². The Kier molecular flexibility index (Phi) is 4.54. The second-order valence-electron chi connectivity index (χ2n) is 3.29. The van der Waals surface area contributed by atoms with Crippen molar-refractivity contribution < 1.29 is 18.1 Å². The molecule has 3 nitrogen and oxygen atoms in total. The molecule has 0 bridgehead atoms. The SMILES string of the molecule is CCC[N+](O)(S)Nc1ccc(F)c(Br)c1F. The first-order chi connectivity index (χ1) is 7.37. The molecular formula is C9H12BrF2N2OS+. The molecule has 1 atom stereocenters. The van der Waals surface area contributed by atoms with Gasteiger partial charge in [-0.2, -0.15) is 10.6 Å². The summed E-state index contributed by atoms with van der Waals surface area (Å²) in [6.07, 6.45) is 0.650. The summed E-state index contributed by atoms with van der Waals surface area (Å²) in [7, 11) is 0. The minimum Gasteiger partial charge on any atom is -0.206 e. The molecule has 0 fully saturated rings. The third-order valence-electron chi connectivity index (χ3n) is 1.87. The van der Waals surface area contributed by atoms with Crippen LogP contribution in [0, 0.1) is 11.6 Å². The summed E-state index contributed by atoms with van der Waals surface area (Å²) < 4.78 is 25.3. The van der Waals surface area contributed by atoms with Crippen LogP contribution < -0.4 is 5.43 Å².